The average molecular weight is 336 g/mol. The van der Waals surface area contributed by atoms with E-state index in [0.717, 1.165) is 12.2 Å². The molecule has 0 bridgehead atoms. The maximum absolute atomic E-state index is 5.83. The van der Waals surface area contributed by atoms with E-state index in [2.05, 4.69) is 39.7 Å². The van der Waals surface area contributed by atoms with Crippen LogP contribution in [-0.4, -0.2) is 16.2 Å². The predicted octanol–water partition coefficient (Wildman–Crippen LogP) is 2.88. The summed E-state index contributed by atoms with van der Waals surface area (Å²) in [4.78, 5) is 3.99. The molecule has 0 saturated heterocycles. The summed E-state index contributed by atoms with van der Waals surface area (Å²) in [5, 5.41) is 6.99. The highest BCUT2D eigenvalue weighted by Gasteiger charge is 2.38. The number of hydrogen-bond donors (Lipinski definition) is 2. The highest BCUT2D eigenvalue weighted by molar-refractivity contribution is 5.34. The second kappa shape index (κ2) is 6.94. The Bertz CT molecular complexity index is 817. The van der Waals surface area contributed by atoms with Crippen LogP contribution in [0.4, 0.5) is 5.95 Å². The Morgan fingerprint density at radius 2 is 1.92 bits per heavy atom. The van der Waals surface area contributed by atoms with Crippen LogP contribution in [0.15, 0.2) is 59.1 Å². The first-order chi connectivity index (χ1) is 12.3. The number of nitrogens with zero attached hydrogens (tertiary/aromatic N) is 2. The number of nitrogens with one attached hydrogen (secondary N) is 1. The lowest BCUT2D eigenvalue weighted by Crippen LogP contribution is -2.17. The van der Waals surface area contributed by atoms with Crippen LogP contribution in [0.5, 0.6) is 5.75 Å². The van der Waals surface area contributed by atoms with E-state index >= 15 is 0 Å². The van der Waals surface area contributed by atoms with Gasteiger partial charge in [-0.05, 0) is 34.8 Å². The Kier molecular flexibility index (Phi) is 4.35. The van der Waals surface area contributed by atoms with Crippen molar-refractivity contribution >= 4 is 5.95 Å². The Morgan fingerprint density at radius 1 is 1.12 bits per heavy atom. The van der Waals surface area contributed by atoms with E-state index in [1.807, 2.05) is 30.3 Å². The van der Waals surface area contributed by atoms with Gasteiger partial charge in [-0.25, -0.2) is 0 Å². The molecule has 0 aliphatic heterocycles. The van der Waals surface area contributed by atoms with Crippen molar-refractivity contribution in [2.24, 2.45) is 0 Å². The summed E-state index contributed by atoms with van der Waals surface area (Å²) in [6.45, 7) is 1.13. The minimum Gasteiger partial charge on any atom is -0.489 e. The van der Waals surface area contributed by atoms with Crippen molar-refractivity contribution in [3.63, 3.8) is 0 Å². The third-order valence-corrected chi connectivity index (χ3v) is 4.35. The fraction of sp³-hybridized carbons (Fsp3) is 0.263. The van der Waals surface area contributed by atoms with Gasteiger partial charge < -0.3 is 20.3 Å². The zero-order valence-electron chi connectivity index (χ0n) is 13.8. The van der Waals surface area contributed by atoms with Gasteiger partial charge in [-0.3, -0.25) is 0 Å². The largest absolute Gasteiger partial charge is 0.489 e. The van der Waals surface area contributed by atoms with Gasteiger partial charge >= 0.3 is 0 Å². The Labute approximate surface area is 146 Å². The SMILES string of the molecule is Nc1noc(CN[C@H]2C[C@@H]2c2ccc(OCc3ccccc3)cc2)n1. The third-order valence-electron chi connectivity index (χ3n) is 4.35. The van der Waals surface area contributed by atoms with Gasteiger partial charge in [-0.15, -0.1) is 0 Å². The molecule has 4 rings (SSSR count). The molecule has 0 amide bonds. The average Bonchev–Trinajstić information content (AvgIpc) is 3.32. The highest BCUT2D eigenvalue weighted by Crippen LogP contribution is 2.41. The lowest BCUT2D eigenvalue weighted by Gasteiger charge is -2.07. The Balaban J connectivity index is 1.26. The van der Waals surface area contributed by atoms with Crippen LogP contribution in [0.2, 0.25) is 0 Å². The second-order valence-corrected chi connectivity index (χ2v) is 6.22. The maximum atomic E-state index is 5.83. The van der Waals surface area contributed by atoms with E-state index in [0.29, 0.717) is 31.0 Å². The van der Waals surface area contributed by atoms with Crippen molar-refractivity contribution in [1.82, 2.24) is 15.5 Å². The van der Waals surface area contributed by atoms with Gasteiger partial charge in [0.15, 0.2) is 0 Å². The summed E-state index contributed by atoms with van der Waals surface area (Å²) < 4.78 is 10.8. The quantitative estimate of drug-likeness (QED) is 0.690. The van der Waals surface area contributed by atoms with Gasteiger partial charge in [0.1, 0.15) is 12.4 Å². The smallest absolute Gasteiger partial charge is 0.260 e. The monoisotopic (exact) mass is 336 g/mol. The fourth-order valence-corrected chi connectivity index (χ4v) is 2.90. The van der Waals surface area contributed by atoms with Gasteiger partial charge in [0.05, 0.1) is 6.54 Å². The van der Waals surface area contributed by atoms with Crippen molar-refractivity contribution in [1.29, 1.82) is 0 Å². The normalized spacial score (nSPS) is 18.9. The molecule has 2 aromatic carbocycles. The molecule has 0 spiro atoms. The second-order valence-electron chi connectivity index (χ2n) is 6.22. The summed E-state index contributed by atoms with van der Waals surface area (Å²) in [6.07, 6.45) is 1.10. The summed E-state index contributed by atoms with van der Waals surface area (Å²) in [5.74, 6) is 2.10. The summed E-state index contributed by atoms with van der Waals surface area (Å²) in [5.41, 5.74) is 7.92. The van der Waals surface area contributed by atoms with Crippen LogP contribution >= 0.6 is 0 Å². The van der Waals surface area contributed by atoms with E-state index in [-0.39, 0.29) is 5.95 Å². The molecule has 6 heteroatoms. The summed E-state index contributed by atoms with van der Waals surface area (Å²) in [6, 6.07) is 18.9. The van der Waals surface area contributed by atoms with Crippen LogP contribution in [-0.2, 0) is 13.2 Å². The standard InChI is InChI=1S/C19H20N4O2/c20-19-22-18(25-23-19)11-21-17-10-16(17)14-6-8-15(9-7-14)24-12-13-4-2-1-3-5-13/h1-9,16-17,21H,10-12H2,(H2,20,23)/t16-,17+/m1/s1. The number of benzene rings is 2. The molecule has 6 nitrogen and oxygen atoms in total. The van der Waals surface area contributed by atoms with Gasteiger partial charge in [-0.2, -0.15) is 4.98 Å². The van der Waals surface area contributed by atoms with Crippen LogP contribution in [0.1, 0.15) is 29.4 Å². The Morgan fingerprint density at radius 3 is 2.64 bits per heavy atom. The number of anilines is 1. The molecule has 1 aromatic heterocycles. The van der Waals surface area contributed by atoms with Crippen LogP contribution in [0, 0.1) is 0 Å². The summed E-state index contributed by atoms with van der Waals surface area (Å²) in [7, 11) is 0. The molecular formula is C19H20N4O2. The van der Waals surface area contributed by atoms with E-state index in [1.165, 1.54) is 11.1 Å². The highest BCUT2D eigenvalue weighted by atomic mass is 16.5. The lowest BCUT2D eigenvalue weighted by molar-refractivity contribution is 0.306. The topological polar surface area (TPSA) is 86.2 Å². The van der Waals surface area contributed by atoms with Crippen molar-refractivity contribution in [2.75, 3.05) is 5.73 Å². The zero-order chi connectivity index (χ0) is 17.1. The predicted molar refractivity (Wildman–Crippen MR) is 93.9 cm³/mol. The first-order valence-corrected chi connectivity index (χ1v) is 8.36. The molecule has 1 aliphatic carbocycles. The zero-order valence-corrected chi connectivity index (χ0v) is 13.8. The fourth-order valence-electron chi connectivity index (χ4n) is 2.90. The van der Waals surface area contributed by atoms with Gasteiger partial charge in [0.2, 0.25) is 5.89 Å². The first kappa shape index (κ1) is 15.7. The van der Waals surface area contributed by atoms with Gasteiger partial charge in [0, 0.05) is 12.0 Å². The molecule has 2 atom stereocenters. The molecule has 0 radical (unpaired) electrons. The lowest BCUT2D eigenvalue weighted by atomic mass is 10.1. The molecule has 128 valence electrons. The van der Waals surface area contributed by atoms with Crippen molar-refractivity contribution < 1.29 is 9.26 Å². The van der Waals surface area contributed by atoms with Crippen molar-refractivity contribution in [3.05, 3.63) is 71.6 Å². The summed E-state index contributed by atoms with van der Waals surface area (Å²) >= 11 is 0. The maximum Gasteiger partial charge on any atom is 0.260 e. The molecule has 3 aromatic rings. The minimum absolute atomic E-state index is 0.176. The Hall–Kier alpha value is -2.86. The first-order valence-electron chi connectivity index (χ1n) is 8.36. The number of aromatic nitrogens is 2. The molecule has 1 heterocycles. The molecule has 3 N–H and O–H groups in total. The number of nitrogens with two attached hydrogens (primary N) is 1. The number of hydrogen-bond acceptors (Lipinski definition) is 6. The van der Waals surface area contributed by atoms with E-state index < -0.39 is 0 Å². The molecule has 1 aliphatic rings. The van der Waals surface area contributed by atoms with E-state index in [9.17, 15) is 0 Å². The van der Waals surface area contributed by atoms with Crippen molar-refractivity contribution in [2.45, 2.75) is 31.5 Å². The number of rotatable bonds is 7. The minimum atomic E-state index is 0.176. The van der Waals surface area contributed by atoms with Crippen LogP contribution in [0.25, 0.3) is 0 Å². The van der Waals surface area contributed by atoms with E-state index in [1.54, 1.807) is 0 Å². The van der Waals surface area contributed by atoms with Gasteiger partial charge in [0.25, 0.3) is 5.95 Å². The van der Waals surface area contributed by atoms with Crippen LogP contribution < -0.4 is 15.8 Å². The molecule has 0 unspecified atom stereocenters. The van der Waals surface area contributed by atoms with Crippen molar-refractivity contribution in [3.8, 4) is 5.75 Å². The van der Waals surface area contributed by atoms with Crippen LogP contribution in [0.3, 0.4) is 0 Å². The number of nitrogen functional groups attached to an aromatic ring is 1. The number of ether oxygens (including phenoxy) is 1. The third kappa shape index (κ3) is 3.97. The molecular weight excluding hydrogens is 316 g/mol. The van der Waals surface area contributed by atoms with E-state index in [4.69, 9.17) is 15.0 Å². The molecule has 25 heavy (non-hydrogen) atoms. The van der Waals surface area contributed by atoms with Gasteiger partial charge in [-0.1, -0.05) is 42.5 Å². The molecule has 1 fully saturated rings. The molecule has 1 saturated carbocycles.